The Hall–Kier alpha value is -2.97. The first-order valence-corrected chi connectivity index (χ1v) is 7.46. The maximum atomic E-state index is 4.61. The molecule has 0 saturated heterocycles. The Morgan fingerprint density at radius 3 is 2.50 bits per heavy atom. The van der Waals surface area contributed by atoms with Crippen LogP contribution in [0.4, 0.5) is 0 Å². The van der Waals surface area contributed by atoms with Crippen LogP contribution in [0.1, 0.15) is 24.2 Å². The summed E-state index contributed by atoms with van der Waals surface area (Å²) in [7, 11) is 0. The fraction of sp³-hybridized carbons (Fsp3) is 0.150. The minimum Gasteiger partial charge on any atom is -0.243 e. The van der Waals surface area contributed by atoms with Crippen molar-refractivity contribution < 1.29 is 0 Å². The Morgan fingerprint density at radius 1 is 0.909 bits per heavy atom. The van der Waals surface area contributed by atoms with Crippen LogP contribution in [0.15, 0.2) is 54.6 Å². The van der Waals surface area contributed by atoms with Crippen molar-refractivity contribution in [3.05, 3.63) is 66.0 Å². The van der Waals surface area contributed by atoms with E-state index in [-0.39, 0.29) is 0 Å². The summed E-state index contributed by atoms with van der Waals surface area (Å²) in [6.07, 6.45) is 2.43. The Bertz CT molecular complexity index is 939. The predicted octanol–water partition coefficient (Wildman–Crippen LogP) is 3.66. The van der Waals surface area contributed by atoms with E-state index < -0.39 is 0 Å². The molecule has 0 unspecified atom stereocenters. The van der Waals surface area contributed by atoms with Crippen LogP contribution in [0.25, 0.3) is 11.0 Å². The molecule has 0 spiro atoms. The van der Waals surface area contributed by atoms with Crippen LogP contribution in [0.2, 0.25) is 0 Å². The molecule has 0 radical (unpaired) electrons. The smallest absolute Gasteiger partial charge is 0.198 e. The van der Waals surface area contributed by atoms with E-state index >= 15 is 0 Å². The minimum atomic E-state index is 0.552. The highest BCUT2D eigenvalue weighted by Crippen LogP contribution is 2.27. The molecule has 1 aliphatic carbocycles. The van der Waals surface area contributed by atoms with Crippen molar-refractivity contribution in [2.24, 2.45) is 5.92 Å². The van der Waals surface area contributed by atoms with Gasteiger partial charge in [-0.3, -0.25) is 0 Å². The van der Waals surface area contributed by atoms with Gasteiger partial charge in [-0.05, 0) is 43.0 Å². The second-order valence-corrected chi connectivity index (χ2v) is 5.41. The standard InChI is InChI=1S/C20H14N2/c1-2-6-16(7-3-1)12-13-20-21-18-8-4-5-9-19(18)22(20)15-14-17-10-11-17/h1-9,17H,10-11H2. The van der Waals surface area contributed by atoms with E-state index in [9.17, 15) is 0 Å². The van der Waals surface area contributed by atoms with E-state index in [0.29, 0.717) is 11.7 Å². The van der Waals surface area contributed by atoms with Gasteiger partial charge in [0.15, 0.2) is 5.82 Å². The van der Waals surface area contributed by atoms with Crippen molar-refractivity contribution in [3.63, 3.8) is 0 Å². The lowest BCUT2D eigenvalue weighted by Crippen LogP contribution is -1.93. The maximum absolute atomic E-state index is 4.61. The quantitative estimate of drug-likeness (QED) is 0.575. The molecule has 1 aliphatic rings. The highest BCUT2D eigenvalue weighted by molar-refractivity contribution is 5.78. The van der Waals surface area contributed by atoms with Gasteiger partial charge < -0.3 is 0 Å². The van der Waals surface area contributed by atoms with Crippen molar-refractivity contribution in [1.29, 1.82) is 0 Å². The first kappa shape index (κ1) is 12.7. The van der Waals surface area contributed by atoms with Crippen molar-refractivity contribution in [3.8, 4) is 23.8 Å². The molecule has 22 heavy (non-hydrogen) atoms. The molecule has 3 aromatic rings. The molecule has 1 saturated carbocycles. The number of benzene rings is 2. The number of fused-ring (bicyclic) bond motifs is 1. The lowest BCUT2D eigenvalue weighted by Gasteiger charge is -1.94. The van der Waals surface area contributed by atoms with E-state index in [4.69, 9.17) is 0 Å². The fourth-order valence-electron chi connectivity index (χ4n) is 2.26. The van der Waals surface area contributed by atoms with Gasteiger partial charge in [-0.1, -0.05) is 42.2 Å². The van der Waals surface area contributed by atoms with Gasteiger partial charge in [0, 0.05) is 17.5 Å². The van der Waals surface area contributed by atoms with Crippen LogP contribution in [0.3, 0.4) is 0 Å². The molecule has 1 aromatic heterocycles. The lowest BCUT2D eigenvalue weighted by atomic mass is 10.2. The molecule has 104 valence electrons. The van der Waals surface area contributed by atoms with Gasteiger partial charge in [-0.15, -0.1) is 0 Å². The molecule has 2 nitrogen and oxygen atoms in total. The zero-order valence-electron chi connectivity index (χ0n) is 12.1. The van der Waals surface area contributed by atoms with Crippen LogP contribution >= 0.6 is 0 Å². The van der Waals surface area contributed by atoms with E-state index in [1.165, 1.54) is 12.8 Å². The molecule has 2 aromatic carbocycles. The molecule has 0 atom stereocenters. The summed E-state index contributed by atoms with van der Waals surface area (Å²) in [5.41, 5.74) is 2.94. The predicted molar refractivity (Wildman–Crippen MR) is 88.1 cm³/mol. The van der Waals surface area contributed by atoms with Crippen molar-refractivity contribution >= 4 is 11.0 Å². The van der Waals surface area contributed by atoms with E-state index in [2.05, 4.69) is 28.8 Å². The first-order valence-electron chi connectivity index (χ1n) is 7.46. The summed E-state index contributed by atoms with van der Waals surface area (Å²) in [4.78, 5) is 4.61. The zero-order chi connectivity index (χ0) is 14.8. The third-order valence-electron chi connectivity index (χ3n) is 3.61. The summed E-state index contributed by atoms with van der Waals surface area (Å²) in [5.74, 6) is 10.9. The van der Waals surface area contributed by atoms with Gasteiger partial charge in [-0.2, -0.15) is 0 Å². The normalized spacial score (nSPS) is 13.1. The van der Waals surface area contributed by atoms with Gasteiger partial charge in [-0.25, -0.2) is 9.55 Å². The summed E-state index contributed by atoms with van der Waals surface area (Å²) in [6.45, 7) is 0. The van der Waals surface area contributed by atoms with E-state index in [1.54, 1.807) is 0 Å². The largest absolute Gasteiger partial charge is 0.243 e. The van der Waals surface area contributed by atoms with E-state index in [1.807, 2.05) is 59.2 Å². The minimum absolute atomic E-state index is 0.552. The molecule has 1 heterocycles. The monoisotopic (exact) mass is 282 g/mol. The van der Waals surface area contributed by atoms with Crippen molar-refractivity contribution in [2.75, 3.05) is 0 Å². The number of hydrogen-bond donors (Lipinski definition) is 0. The van der Waals surface area contributed by atoms with Crippen LogP contribution in [-0.4, -0.2) is 9.55 Å². The highest BCUT2D eigenvalue weighted by Gasteiger charge is 2.18. The first-order chi connectivity index (χ1) is 10.9. The molecule has 0 aliphatic heterocycles. The maximum Gasteiger partial charge on any atom is 0.198 e. The molecular formula is C20H14N2. The fourth-order valence-corrected chi connectivity index (χ4v) is 2.26. The molecule has 2 heteroatoms. The van der Waals surface area contributed by atoms with Gasteiger partial charge in [0.1, 0.15) is 0 Å². The third-order valence-corrected chi connectivity index (χ3v) is 3.61. The Labute approximate surface area is 129 Å². The SMILES string of the molecule is C(#Cc1nc2ccccc2n1C#CC1CC1)c1ccccc1. The summed E-state index contributed by atoms with van der Waals surface area (Å²) in [6, 6.07) is 21.2. The van der Waals surface area contributed by atoms with Crippen LogP contribution in [0, 0.1) is 29.7 Å². The average Bonchev–Trinajstić information content (AvgIpc) is 3.33. The Morgan fingerprint density at radius 2 is 1.68 bits per heavy atom. The van der Waals surface area contributed by atoms with Gasteiger partial charge in [0.2, 0.25) is 0 Å². The van der Waals surface area contributed by atoms with Gasteiger partial charge in [0.05, 0.1) is 11.0 Å². The van der Waals surface area contributed by atoms with Gasteiger partial charge in [0.25, 0.3) is 0 Å². The van der Waals surface area contributed by atoms with Crippen LogP contribution in [-0.2, 0) is 0 Å². The number of hydrogen-bond acceptors (Lipinski definition) is 1. The van der Waals surface area contributed by atoms with Crippen LogP contribution in [0.5, 0.6) is 0 Å². The summed E-state index contributed by atoms with van der Waals surface area (Å²) < 4.78 is 1.92. The number of imidazole rings is 1. The summed E-state index contributed by atoms with van der Waals surface area (Å²) in [5, 5.41) is 0. The number of nitrogens with zero attached hydrogens (tertiary/aromatic N) is 2. The zero-order valence-corrected chi connectivity index (χ0v) is 12.1. The molecule has 0 N–H and O–H groups in total. The Kier molecular flexibility index (Phi) is 3.15. The Balaban J connectivity index is 1.81. The topological polar surface area (TPSA) is 17.8 Å². The van der Waals surface area contributed by atoms with Gasteiger partial charge >= 0.3 is 0 Å². The average molecular weight is 282 g/mol. The number of aromatic nitrogens is 2. The second kappa shape index (κ2) is 5.43. The van der Waals surface area contributed by atoms with Crippen LogP contribution < -0.4 is 0 Å². The number of rotatable bonds is 0. The summed E-state index contributed by atoms with van der Waals surface area (Å²) >= 11 is 0. The number of para-hydroxylation sites is 2. The second-order valence-electron chi connectivity index (χ2n) is 5.41. The molecular weight excluding hydrogens is 268 g/mol. The third kappa shape index (κ3) is 2.60. The van der Waals surface area contributed by atoms with E-state index in [0.717, 1.165) is 16.6 Å². The molecule has 1 fully saturated rings. The molecule has 4 rings (SSSR count). The molecule has 0 amide bonds. The van der Waals surface area contributed by atoms with Crippen molar-refractivity contribution in [1.82, 2.24) is 9.55 Å². The van der Waals surface area contributed by atoms with Crippen molar-refractivity contribution in [2.45, 2.75) is 12.8 Å². The molecule has 0 bridgehead atoms. The lowest BCUT2D eigenvalue weighted by molar-refractivity contribution is 1.09. The highest BCUT2D eigenvalue weighted by atomic mass is 15.1.